The quantitative estimate of drug-likeness (QED) is 0.861. The number of benzene rings is 1. The Labute approximate surface area is 104 Å². The van der Waals surface area contributed by atoms with Crippen LogP contribution in [0.4, 0.5) is 5.69 Å². The number of H-pyrrole nitrogens is 1. The average molecular weight is 246 g/mol. The first-order valence-corrected chi connectivity index (χ1v) is 5.61. The number of carbonyl (C=O) groups is 1. The fraction of sp³-hybridized carbons (Fsp3) is 0.250. The van der Waals surface area contributed by atoms with Crippen molar-refractivity contribution in [3.8, 4) is 5.75 Å². The second kappa shape index (κ2) is 5.31. The van der Waals surface area contributed by atoms with Gasteiger partial charge in [-0.15, -0.1) is 0 Å². The van der Waals surface area contributed by atoms with Crippen molar-refractivity contribution in [1.29, 1.82) is 0 Å². The minimum absolute atomic E-state index is 0.184. The first kappa shape index (κ1) is 12.1. The van der Waals surface area contributed by atoms with Crippen LogP contribution in [0.3, 0.4) is 0 Å². The number of anilines is 1. The third-order valence-electron chi connectivity index (χ3n) is 2.39. The molecule has 0 aliphatic rings. The van der Waals surface area contributed by atoms with Crippen LogP contribution in [0.2, 0.25) is 0 Å². The molecule has 2 rings (SSSR count). The summed E-state index contributed by atoms with van der Waals surface area (Å²) in [4.78, 5) is 15.5. The molecule has 0 aliphatic heterocycles. The zero-order chi connectivity index (χ0) is 13.0. The van der Waals surface area contributed by atoms with Crippen LogP contribution >= 0.6 is 0 Å². The molecule has 1 aromatic heterocycles. The van der Waals surface area contributed by atoms with E-state index in [0.29, 0.717) is 6.61 Å². The standard InChI is InChI=1S/C12H14N4O2/c1-3-18-9-4-5-10(8(2)6-9)15-12(17)11-13-7-14-16-11/h4-7H,3H2,1-2H3,(H,15,17)(H,13,14,16). The zero-order valence-electron chi connectivity index (χ0n) is 10.2. The summed E-state index contributed by atoms with van der Waals surface area (Å²) >= 11 is 0. The Morgan fingerprint density at radius 1 is 1.50 bits per heavy atom. The molecule has 0 atom stereocenters. The molecule has 1 heterocycles. The molecule has 0 saturated carbocycles. The molecule has 2 N–H and O–H groups in total. The Bertz CT molecular complexity index is 537. The highest BCUT2D eigenvalue weighted by atomic mass is 16.5. The number of rotatable bonds is 4. The molecular weight excluding hydrogens is 232 g/mol. The maximum absolute atomic E-state index is 11.8. The average Bonchev–Trinajstić information content (AvgIpc) is 2.86. The largest absolute Gasteiger partial charge is 0.494 e. The summed E-state index contributed by atoms with van der Waals surface area (Å²) in [6.45, 7) is 4.44. The highest BCUT2D eigenvalue weighted by Gasteiger charge is 2.10. The van der Waals surface area contributed by atoms with Crippen LogP contribution in [0.1, 0.15) is 23.1 Å². The second-order valence-electron chi connectivity index (χ2n) is 3.70. The zero-order valence-corrected chi connectivity index (χ0v) is 10.2. The Morgan fingerprint density at radius 3 is 2.94 bits per heavy atom. The lowest BCUT2D eigenvalue weighted by atomic mass is 10.2. The van der Waals surface area contributed by atoms with Crippen molar-refractivity contribution >= 4 is 11.6 Å². The van der Waals surface area contributed by atoms with Crippen molar-refractivity contribution in [3.63, 3.8) is 0 Å². The van der Waals surface area contributed by atoms with Crippen LogP contribution in [0.5, 0.6) is 5.75 Å². The smallest absolute Gasteiger partial charge is 0.292 e. The maximum Gasteiger partial charge on any atom is 0.292 e. The van der Waals surface area contributed by atoms with Gasteiger partial charge >= 0.3 is 0 Å². The number of carbonyl (C=O) groups excluding carboxylic acids is 1. The molecule has 2 aromatic rings. The van der Waals surface area contributed by atoms with Crippen LogP contribution in [0.15, 0.2) is 24.5 Å². The SMILES string of the molecule is CCOc1ccc(NC(=O)c2ncn[nH]2)c(C)c1. The summed E-state index contributed by atoms with van der Waals surface area (Å²) < 4.78 is 5.38. The van der Waals surface area contributed by atoms with Gasteiger partial charge in [-0.05, 0) is 37.6 Å². The first-order chi connectivity index (χ1) is 8.70. The number of aromatic nitrogens is 3. The molecule has 6 nitrogen and oxygen atoms in total. The van der Waals surface area contributed by atoms with E-state index in [9.17, 15) is 4.79 Å². The lowest BCUT2D eigenvalue weighted by Gasteiger charge is -2.09. The topological polar surface area (TPSA) is 79.9 Å². The molecule has 0 radical (unpaired) electrons. The second-order valence-corrected chi connectivity index (χ2v) is 3.70. The van der Waals surface area contributed by atoms with Gasteiger partial charge in [0.05, 0.1) is 6.61 Å². The minimum Gasteiger partial charge on any atom is -0.494 e. The number of nitrogens with one attached hydrogen (secondary N) is 2. The van der Waals surface area contributed by atoms with Gasteiger partial charge in [-0.1, -0.05) is 0 Å². The Morgan fingerprint density at radius 2 is 2.33 bits per heavy atom. The number of hydrogen-bond donors (Lipinski definition) is 2. The van der Waals surface area contributed by atoms with E-state index in [0.717, 1.165) is 17.0 Å². The fourth-order valence-corrected chi connectivity index (χ4v) is 1.53. The number of aryl methyl sites for hydroxylation is 1. The molecule has 6 heteroatoms. The first-order valence-electron chi connectivity index (χ1n) is 5.61. The van der Waals surface area contributed by atoms with Crippen molar-refractivity contribution in [1.82, 2.24) is 15.2 Å². The molecule has 1 amide bonds. The molecule has 1 aromatic carbocycles. The molecule has 18 heavy (non-hydrogen) atoms. The summed E-state index contributed by atoms with van der Waals surface area (Å²) in [7, 11) is 0. The van der Waals surface area contributed by atoms with Crippen LogP contribution in [-0.2, 0) is 0 Å². The Hall–Kier alpha value is -2.37. The number of amides is 1. The summed E-state index contributed by atoms with van der Waals surface area (Å²) in [5.74, 6) is 0.649. The van der Waals surface area contributed by atoms with E-state index >= 15 is 0 Å². The number of aromatic amines is 1. The van der Waals surface area contributed by atoms with Gasteiger partial charge in [-0.2, -0.15) is 5.10 Å². The predicted octanol–water partition coefficient (Wildman–Crippen LogP) is 1.76. The van der Waals surface area contributed by atoms with E-state index in [-0.39, 0.29) is 11.7 Å². The van der Waals surface area contributed by atoms with Crippen LogP contribution in [0.25, 0.3) is 0 Å². The van der Waals surface area contributed by atoms with Crippen molar-refractivity contribution in [2.75, 3.05) is 11.9 Å². The predicted molar refractivity (Wildman–Crippen MR) is 66.7 cm³/mol. The Kier molecular flexibility index (Phi) is 3.57. The lowest BCUT2D eigenvalue weighted by molar-refractivity contribution is 0.101. The highest BCUT2D eigenvalue weighted by Crippen LogP contribution is 2.21. The van der Waals surface area contributed by atoms with Gasteiger partial charge in [0, 0.05) is 5.69 Å². The van der Waals surface area contributed by atoms with Crippen molar-refractivity contribution in [3.05, 3.63) is 35.9 Å². The molecule has 0 fully saturated rings. The minimum atomic E-state index is -0.320. The molecule has 0 bridgehead atoms. The maximum atomic E-state index is 11.8. The number of hydrogen-bond acceptors (Lipinski definition) is 4. The van der Waals surface area contributed by atoms with Crippen LogP contribution < -0.4 is 10.1 Å². The van der Waals surface area contributed by atoms with Gasteiger partial charge in [0.15, 0.2) is 0 Å². The highest BCUT2D eigenvalue weighted by molar-refractivity contribution is 6.01. The fourth-order valence-electron chi connectivity index (χ4n) is 1.53. The summed E-state index contributed by atoms with van der Waals surface area (Å²) in [5.41, 5.74) is 1.65. The monoisotopic (exact) mass is 246 g/mol. The van der Waals surface area contributed by atoms with Crippen LogP contribution in [-0.4, -0.2) is 27.7 Å². The molecule has 0 unspecified atom stereocenters. The van der Waals surface area contributed by atoms with Gasteiger partial charge < -0.3 is 10.1 Å². The van der Waals surface area contributed by atoms with E-state index in [4.69, 9.17) is 4.74 Å². The molecule has 94 valence electrons. The van der Waals surface area contributed by atoms with Crippen molar-refractivity contribution < 1.29 is 9.53 Å². The van der Waals surface area contributed by atoms with E-state index in [1.165, 1.54) is 6.33 Å². The molecule has 0 spiro atoms. The third-order valence-corrected chi connectivity index (χ3v) is 2.39. The molecule has 0 aliphatic carbocycles. The van der Waals surface area contributed by atoms with Crippen molar-refractivity contribution in [2.24, 2.45) is 0 Å². The van der Waals surface area contributed by atoms with Crippen molar-refractivity contribution in [2.45, 2.75) is 13.8 Å². The summed E-state index contributed by atoms with van der Waals surface area (Å²) in [5, 5.41) is 8.89. The number of nitrogens with zero attached hydrogens (tertiary/aromatic N) is 2. The van der Waals surface area contributed by atoms with Crippen LogP contribution in [0, 0.1) is 6.92 Å². The summed E-state index contributed by atoms with van der Waals surface area (Å²) in [6.07, 6.45) is 1.29. The van der Waals surface area contributed by atoms with Gasteiger partial charge in [0.2, 0.25) is 5.82 Å². The van der Waals surface area contributed by atoms with E-state index in [1.807, 2.05) is 26.0 Å². The van der Waals surface area contributed by atoms with E-state index in [1.54, 1.807) is 6.07 Å². The van der Waals surface area contributed by atoms with Gasteiger partial charge in [0.25, 0.3) is 5.91 Å². The Balaban J connectivity index is 2.12. The van der Waals surface area contributed by atoms with E-state index < -0.39 is 0 Å². The molecule has 0 saturated heterocycles. The summed E-state index contributed by atoms with van der Waals surface area (Å²) in [6, 6.07) is 5.49. The normalized spacial score (nSPS) is 10.1. The number of ether oxygens (including phenoxy) is 1. The lowest BCUT2D eigenvalue weighted by Crippen LogP contribution is -2.14. The van der Waals surface area contributed by atoms with Gasteiger partial charge in [-0.3, -0.25) is 9.89 Å². The van der Waals surface area contributed by atoms with Gasteiger partial charge in [-0.25, -0.2) is 4.98 Å². The molecular formula is C12H14N4O2. The van der Waals surface area contributed by atoms with E-state index in [2.05, 4.69) is 20.5 Å². The van der Waals surface area contributed by atoms with Gasteiger partial charge in [0.1, 0.15) is 12.1 Å². The third kappa shape index (κ3) is 2.65.